The van der Waals surface area contributed by atoms with Gasteiger partial charge in [-0.2, -0.15) is 9.97 Å². The van der Waals surface area contributed by atoms with Gasteiger partial charge in [0.1, 0.15) is 11.4 Å². The predicted molar refractivity (Wildman–Crippen MR) is 109 cm³/mol. The summed E-state index contributed by atoms with van der Waals surface area (Å²) in [6.07, 6.45) is 5.21. The van der Waals surface area contributed by atoms with E-state index in [9.17, 15) is 9.59 Å². The quantitative estimate of drug-likeness (QED) is 0.815. The average Bonchev–Trinajstić information content (AvgIpc) is 2.74. The Balaban J connectivity index is 1.63. The van der Waals surface area contributed by atoms with Gasteiger partial charge in [0.2, 0.25) is 5.91 Å². The van der Waals surface area contributed by atoms with Gasteiger partial charge in [-0.25, -0.2) is 0 Å². The highest BCUT2D eigenvalue weighted by molar-refractivity contribution is 6.10. The van der Waals surface area contributed by atoms with Gasteiger partial charge in [0, 0.05) is 18.7 Å². The normalized spacial score (nSPS) is 18.2. The Kier molecular flexibility index (Phi) is 4.86. The van der Waals surface area contributed by atoms with Crippen molar-refractivity contribution in [3.8, 4) is 6.01 Å². The summed E-state index contributed by atoms with van der Waals surface area (Å²) in [7, 11) is 1.46. The largest absolute Gasteiger partial charge is 0.467 e. The van der Waals surface area contributed by atoms with E-state index in [0.29, 0.717) is 24.2 Å². The van der Waals surface area contributed by atoms with Gasteiger partial charge in [-0.1, -0.05) is 31.4 Å². The molecule has 0 spiro atoms. The number of ether oxygens (including phenoxy) is 1. The third-order valence-corrected chi connectivity index (χ3v) is 6.12. The zero-order valence-electron chi connectivity index (χ0n) is 16.5. The fourth-order valence-electron chi connectivity index (χ4n) is 4.50. The van der Waals surface area contributed by atoms with Gasteiger partial charge in [0.15, 0.2) is 0 Å². The molecule has 152 valence electrons. The summed E-state index contributed by atoms with van der Waals surface area (Å²) in [6.45, 7) is 0.478. The van der Waals surface area contributed by atoms with Crippen molar-refractivity contribution in [2.75, 3.05) is 24.3 Å². The number of benzene rings is 1. The van der Waals surface area contributed by atoms with E-state index in [1.165, 1.54) is 7.11 Å². The monoisotopic (exact) mass is 395 g/mol. The molecular weight excluding hydrogens is 370 g/mol. The van der Waals surface area contributed by atoms with Crippen molar-refractivity contribution < 1.29 is 14.3 Å². The minimum absolute atomic E-state index is 0.119. The number of carbonyl (C=O) groups is 2. The SMILES string of the molecule is COc1nc(N)c2c(n1)CCN(c1ccc(C3(C(N)=O)CCCCC3)cc1)C2=O. The van der Waals surface area contributed by atoms with E-state index in [1.54, 1.807) is 4.90 Å². The van der Waals surface area contributed by atoms with Crippen molar-refractivity contribution in [2.24, 2.45) is 5.73 Å². The smallest absolute Gasteiger partial charge is 0.318 e. The molecule has 1 saturated carbocycles. The molecule has 0 saturated heterocycles. The second-order valence-electron chi connectivity index (χ2n) is 7.68. The van der Waals surface area contributed by atoms with E-state index in [1.807, 2.05) is 24.3 Å². The lowest BCUT2D eigenvalue weighted by atomic mass is 9.69. The van der Waals surface area contributed by atoms with Crippen LogP contribution in [0.25, 0.3) is 0 Å². The van der Waals surface area contributed by atoms with Crippen LogP contribution in [0.5, 0.6) is 6.01 Å². The van der Waals surface area contributed by atoms with Crippen LogP contribution >= 0.6 is 0 Å². The Labute approximate surface area is 169 Å². The summed E-state index contributed by atoms with van der Waals surface area (Å²) in [5, 5.41) is 0. The molecule has 29 heavy (non-hydrogen) atoms. The number of nitrogens with zero attached hydrogens (tertiary/aromatic N) is 3. The number of fused-ring (bicyclic) bond motifs is 1. The van der Waals surface area contributed by atoms with Crippen LogP contribution < -0.4 is 21.1 Å². The Bertz CT molecular complexity index is 952. The minimum Gasteiger partial charge on any atom is -0.467 e. The zero-order valence-corrected chi connectivity index (χ0v) is 16.5. The number of hydrogen-bond acceptors (Lipinski definition) is 6. The summed E-state index contributed by atoms with van der Waals surface area (Å²) in [4.78, 5) is 35.3. The van der Waals surface area contributed by atoms with Crippen LogP contribution in [0.1, 0.15) is 53.7 Å². The third-order valence-electron chi connectivity index (χ3n) is 6.12. The molecule has 8 heteroatoms. The molecule has 0 bridgehead atoms. The highest BCUT2D eigenvalue weighted by atomic mass is 16.5. The van der Waals surface area contributed by atoms with Crippen LogP contribution in [0, 0.1) is 0 Å². The van der Waals surface area contributed by atoms with Crippen molar-refractivity contribution in [1.29, 1.82) is 0 Å². The summed E-state index contributed by atoms with van der Waals surface area (Å²) >= 11 is 0. The topological polar surface area (TPSA) is 124 Å². The van der Waals surface area contributed by atoms with Crippen LogP contribution in [0.15, 0.2) is 24.3 Å². The number of aromatic nitrogens is 2. The van der Waals surface area contributed by atoms with E-state index in [0.717, 1.165) is 43.4 Å². The van der Waals surface area contributed by atoms with E-state index in [4.69, 9.17) is 16.2 Å². The Morgan fingerprint density at radius 1 is 1.14 bits per heavy atom. The Hall–Kier alpha value is -3.16. The summed E-state index contributed by atoms with van der Waals surface area (Å²) in [5.41, 5.74) is 13.8. The average molecular weight is 395 g/mol. The molecule has 2 aliphatic rings. The molecule has 1 fully saturated rings. The van der Waals surface area contributed by atoms with Crippen molar-refractivity contribution in [2.45, 2.75) is 43.9 Å². The molecule has 0 radical (unpaired) electrons. The van der Waals surface area contributed by atoms with E-state index in [2.05, 4.69) is 9.97 Å². The van der Waals surface area contributed by atoms with Gasteiger partial charge < -0.3 is 21.1 Å². The summed E-state index contributed by atoms with van der Waals surface area (Å²) in [5.74, 6) is -0.388. The van der Waals surface area contributed by atoms with Crippen LogP contribution in [0.2, 0.25) is 0 Å². The number of carbonyl (C=O) groups excluding carboxylic acids is 2. The fraction of sp³-hybridized carbons (Fsp3) is 0.429. The Morgan fingerprint density at radius 2 is 1.83 bits per heavy atom. The first-order valence-electron chi connectivity index (χ1n) is 9.89. The first-order valence-corrected chi connectivity index (χ1v) is 9.89. The van der Waals surface area contributed by atoms with Gasteiger partial charge in [-0.3, -0.25) is 9.59 Å². The van der Waals surface area contributed by atoms with Crippen LogP contribution in [0.3, 0.4) is 0 Å². The second-order valence-corrected chi connectivity index (χ2v) is 7.68. The third kappa shape index (κ3) is 3.18. The number of anilines is 2. The molecule has 2 aromatic rings. The zero-order chi connectivity index (χ0) is 20.6. The number of hydrogen-bond donors (Lipinski definition) is 2. The van der Waals surface area contributed by atoms with Crippen molar-refractivity contribution >= 4 is 23.3 Å². The molecule has 0 atom stereocenters. The lowest BCUT2D eigenvalue weighted by Crippen LogP contribution is -2.43. The van der Waals surface area contributed by atoms with E-state index in [-0.39, 0.29) is 23.6 Å². The van der Waals surface area contributed by atoms with Crippen LogP contribution in [-0.2, 0) is 16.6 Å². The molecule has 1 aromatic heterocycles. The molecule has 0 unspecified atom stereocenters. The van der Waals surface area contributed by atoms with E-state index >= 15 is 0 Å². The van der Waals surface area contributed by atoms with Crippen molar-refractivity contribution in [3.63, 3.8) is 0 Å². The molecular formula is C21H25N5O3. The second kappa shape index (κ2) is 7.35. The first-order chi connectivity index (χ1) is 14.0. The van der Waals surface area contributed by atoms with Gasteiger partial charge in [-0.05, 0) is 30.5 Å². The molecule has 1 aliphatic heterocycles. The molecule has 2 amide bonds. The van der Waals surface area contributed by atoms with Crippen molar-refractivity contribution in [1.82, 2.24) is 9.97 Å². The number of nitrogen functional groups attached to an aromatic ring is 1. The Morgan fingerprint density at radius 3 is 2.45 bits per heavy atom. The lowest BCUT2D eigenvalue weighted by molar-refractivity contribution is -0.124. The van der Waals surface area contributed by atoms with Gasteiger partial charge in [0.25, 0.3) is 5.91 Å². The maximum Gasteiger partial charge on any atom is 0.318 e. The highest BCUT2D eigenvalue weighted by Gasteiger charge is 2.39. The number of amides is 2. The summed E-state index contributed by atoms with van der Waals surface area (Å²) in [6, 6.07) is 7.75. The molecule has 4 rings (SSSR count). The standard InChI is InChI=1S/C21H25N5O3/c1-29-20-24-15-9-12-26(18(27)16(15)17(22)25-20)14-7-5-13(6-8-14)21(19(23)28)10-3-2-4-11-21/h5-8H,2-4,9-12H2,1H3,(H2,23,28)(H2,22,24,25). The number of nitrogens with two attached hydrogens (primary N) is 2. The molecule has 8 nitrogen and oxygen atoms in total. The van der Waals surface area contributed by atoms with Gasteiger partial charge in [-0.15, -0.1) is 0 Å². The van der Waals surface area contributed by atoms with Gasteiger partial charge in [0.05, 0.1) is 18.2 Å². The number of primary amides is 1. The molecule has 4 N–H and O–H groups in total. The van der Waals surface area contributed by atoms with Crippen LogP contribution in [-0.4, -0.2) is 35.4 Å². The number of methoxy groups -OCH3 is 1. The highest BCUT2D eigenvalue weighted by Crippen LogP contribution is 2.40. The van der Waals surface area contributed by atoms with Gasteiger partial charge >= 0.3 is 6.01 Å². The maximum absolute atomic E-state index is 13.0. The van der Waals surface area contributed by atoms with Crippen molar-refractivity contribution in [3.05, 3.63) is 41.1 Å². The maximum atomic E-state index is 13.0. The minimum atomic E-state index is -0.607. The molecule has 2 heterocycles. The summed E-state index contributed by atoms with van der Waals surface area (Å²) < 4.78 is 5.04. The molecule has 1 aromatic carbocycles. The molecule has 1 aliphatic carbocycles. The lowest BCUT2D eigenvalue weighted by Gasteiger charge is -2.35. The van der Waals surface area contributed by atoms with Crippen LogP contribution in [0.4, 0.5) is 11.5 Å². The predicted octanol–water partition coefficient (Wildman–Crippen LogP) is 1.96. The number of rotatable bonds is 4. The van der Waals surface area contributed by atoms with E-state index < -0.39 is 5.41 Å². The fourth-order valence-corrected chi connectivity index (χ4v) is 4.50. The first kappa shape index (κ1) is 19.2.